The first kappa shape index (κ1) is 9.12. The zero-order valence-electron chi connectivity index (χ0n) is 7.57. The minimum atomic E-state index is 0.268. The second kappa shape index (κ2) is 4.17. The summed E-state index contributed by atoms with van der Waals surface area (Å²) >= 11 is 0. The number of nitrogens with one attached hydrogen (secondary N) is 1. The van der Waals surface area contributed by atoms with Gasteiger partial charge in [0.15, 0.2) is 0 Å². The summed E-state index contributed by atoms with van der Waals surface area (Å²) < 4.78 is 5.65. The molecule has 2 saturated heterocycles. The molecule has 0 bridgehead atoms. The van der Waals surface area contributed by atoms with Crippen LogP contribution in [0.4, 0.5) is 0 Å². The fraction of sp³-hybridized carbons (Fsp3) is 0.889. The molecule has 0 aliphatic carbocycles. The fourth-order valence-electron chi connectivity index (χ4n) is 2.04. The molecule has 2 fully saturated rings. The summed E-state index contributed by atoms with van der Waals surface area (Å²) in [5.41, 5.74) is 2.92. The molecule has 0 aromatic rings. The third kappa shape index (κ3) is 1.90. The molecule has 0 amide bonds. The second-order valence-electron chi connectivity index (χ2n) is 3.61. The molecule has 74 valence electrons. The average molecular weight is 185 g/mol. The molecule has 0 spiro atoms. The Kier molecular flexibility index (Phi) is 2.93. The lowest BCUT2D eigenvalue weighted by molar-refractivity contribution is -0.182. The van der Waals surface area contributed by atoms with Gasteiger partial charge in [-0.1, -0.05) is 0 Å². The molecule has 13 heavy (non-hydrogen) atoms. The Bertz CT molecular complexity index is 186. The van der Waals surface area contributed by atoms with Crippen molar-refractivity contribution < 1.29 is 14.4 Å². The summed E-state index contributed by atoms with van der Waals surface area (Å²) in [7, 11) is 0. The molecule has 3 unspecified atom stereocenters. The number of hydrogen-bond donors (Lipinski definition) is 1. The predicted octanol–water partition coefficient (Wildman–Crippen LogP) is 0.274. The monoisotopic (exact) mass is 185 g/mol. The number of hydrogen-bond acceptors (Lipinski definition) is 4. The van der Waals surface area contributed by atoms with E-state index in [0.717, 1.165) is 32.3 Å². The summed E-state index contributed by atoms with van der Waals surface area (Å²) in [5, 5.41) is 0. The standard InChI is InChI=1S/C9H15NO3/c11-4-1-2-8-7-6-10-12-5-3-9(7)13-8/h4,7-10H,1-3,5-6H2. The van der Waals surface area contributed by atoms with Crippen molar-refractivity contribution in [3.05, 3.63) is 0 Å². The molecule has 4 nitrogen and oxygen atoms in total. The van der Waals surface area contributed by atoms with E-state index < -0.39 is 0 Å². The Morgan fingerprint density at radius 1 is 1.54 bits per heavy atom. The van der Waals surface area contributed by atoms with Crippen LogP contribution < -0.4 is 5.48 Å². The van der Waals surface area contributed by atoms with E-state index in [2.05, 4.69) is 5.48 Å². The molecule has 0 radical (unpaired) electrons. The van der Waals surface area contributed by atoms with E-state index in [1.165, 1.54) is 0 Å². The first-order valence-corrected chi connectivity index (χ1v) is 4.85. The fourth-order valence-corrected chi connectivity index (χ4v) is 2.04. The van der Waals surface area contributed by atoms with E-state index in [9.17, 15) is 4.79 Å². The van der Waals surface area contributed by atoms with Gasteiger partial charge in [-0.3, -0.25) is 0 Å². The number of aldehydes is 1. The minimum absolute atomic E-state index is 0.268. The van der Waals surface area contributed by atoms with Crippen molar-refractivity contribution >= 4 is 6.29 Å². The summed E-state index contributed by atoms with van der Waals surface area (Å²) in [5.74, 6) is 0.544. The molecule has 2 aliphatic rings. The number of ether oxygens (including phenoxy) is 1. The van der Waals surface area contributed by atoms with Gasteiger partial charge in [-0.2, -0.15) is 0 Å². The van der Waals surface area contributed by atoms with Gasteiger partial charge in [-0.25, -0.2) is 5.48 Å². The lowest BCUT2D eigenvalue weighted by atomic mass is 9.85. The first-order chi connectivity index (χ1) is 6.42. The Balaban J connectivity index is 1.79. The van der Waals surface area contributed by atoms with Gasteiger partial charge in [0, 0.05) is 18.9 Å². The highest BCUT2D eigenvalue weighted by atomic mass is 16.6. The maximum absolute atomic E-state index is 10.2. The largest absolute Gasteiger partial charge is 0.374 e. The molecule has 3 atom stereocenters. The highest BCUT2D eigenvalue weighted by molar-refractivity contribution is 5.49. The Hall–Kier alpha value is -0.450. The summed E-state index contributed by atoms with van der Waals surface area (Å²) in [6.45, 7) is 1.58. The molecule has 0 aromatic heterocycles. The van der Waals surface area contributed by atoms with Crippen LogP contribution in [0.2, 0.25) is 0 Å². The van der Waals surface area contributed by atoms with Crippen molar-refractivity contribution in [2.75, 3.05) is 13.2 Å². The number of rotatable bonds is 3. The van der Waals surface area contributed by atoms with E-state index in [0.29, 0.717) is 18.4 Å². The Labute approximate surface area is 77.5 Å². The average Bonchev–Trinajstić information content (AvgIpc) is 2.29. The second-order valence-corrected chi connectivity index (χ2v) is 3.61. The molecule has 4 heteroatoms. The van der Waals surface area contributed by atoms with Crippen molar-refractivity contribution in [1.82, 2.24) is 5.48 Å². The maximum atomic E-state index is 10.2. The molecule has 1 N–H and O–H groups in total. The van der Waals surface area contributed by atoms with Crippen molar-refractivity contribution in [2.24, 2.45) is 5.92 Å². The van der Waals surface area contributed by atoms with Crippen LogP contribution in [0.3, 0.4) is 0 Å². The van der Waals surface area contributed by atoms with Gasteiger partial charge in [0.2, 0.25) is 0 Å². The van der Waals surface area contributed by atoms with Crippen molar-refractivity contribution in [2.45, 2.75) is 31.5 Å². The van der Waals surface area contributed by atoms with Crippen LogP contribution in [0.5, 0.6) is 0 Å². The van der Waals surface area contributed by atoms with Gasteiger partial charge in [-0.15, -0.1) is 0 Å². The number of hydroxylamine groups is 1. The third-order valence-electron chi connectivity index (χ3n) is 2.80. The zero-order valence-corrected chi connectivity index (χ0v) is 7.57. The Morgan fingerprint density at radius 3 is 3.31 bits per heavy atom. The van der Waals surface area contributed by atoms with Gasteiger partial charge in [0.1, 0.15) is 6.29 Å². The van der Waals surface area contributed by atoms with E-state index in [-0.39, 0.29) is 6.10 Å². The smallest absolute Gasteiger partial charge is 0.120 e. The molecule has 0 aromatic carbocycles. The van der Waals surface area contributed by atoms with Crippen LogP contribution in [-0.4, -0.2) is 31.6 Å². The van der Waals surface area contributed by atoms with Gasteiger partial charge in [0.05, 0.1) is 18.8 Å². The normalized spacial score (nSPS) is 38.6. The number of fused-ring (bicyclic) bond motifs is 1. The van der Waals surface area contributed by atoms with Gasteiger partial charge in [-0.05, 0) is 12.8 Å². The molecular weight excluding hydrogens is 170 g/mol. The highest BCUT2D eigenvalue weighted by Gasteiger charge is 2.42. The summed E-state index contributed by atoms with van der Waals surface area (Å²) in [4.78, 5) is 15.3. The van der Waals surface area contributed by atoms with Crippen LogP contribution in [-0.2, 0) is 14.4 Å². The number of carbonyl (C=O) groups excluding carboxylic acids is 1. The molecule has 2 aliphatic heterocycles. The predicted molar refractivity (Wildman–Crippen MR) is 46.0 cm³/mol. The van der Waals surface area contributed by atoms with Gasteiger partial charge >= 0.3 is 0 Å². The van der Waals surface area contributed by atoms with Crippen molar-refractivity contribution in [3.8, 4) is 0 Å². The van der Waals surface area contributed by atoms with Crippen molar-refractivity contribution in [1.29, 1.82) is 0 Å². The summed E-state index contributed by atoms with van der Waals surface area (Å²) in [6.07, 6.45) is 4.00. The topological polar surface area (TPSA) is 47.6 Å². The molecule has 2 rings (SSSR count). The quantitative estimate of drug-likeness (QED) is 0.641. The third-order valence-corrected chi connectivity index (χ3v) is 2.80. The van der Waals surface area contributed by atoms with Gasteiger partial charge in [0.25, 0.3) is 0 Å². The van der Waals surface area contributed by atoms with Crippen LogP contribution in [0.25, 0.3) is 0 Å². The Morgan fingerprint density at radius 2 is 2.46 bits per heavy atom. The SMILES string of the molecule is O=CCCC1OC2CCONCC12. The van der Waals surface area contributed by atoms with Crippen LogP contribution in [0, 0.1) is 5.92 Å². The van der Waals surface area contributed by atoms with Gasteiger partial charge < -0.3 is 14.4 Å². The van der Waals surface area contributed by atoms with E-state index in [4.69, 9.17) is 9.57 Å². The zero-order chi connectivity index (χ0) is 9.10. The van der Waals surface area contributed by atoms with Crippen LogP contribution in [0.15, 0.2) is 0 Å². The van der Waals surface area contributed by atoms with E-state index in [1.54, 1.807) is 0 Å². The highest BCUT2D eigenvalue weighted by Crippen LogP contribution is 2.34. The van der Waals surface area contributed by atoms with Crippen LogP contribution >= 0.6 is 0 Å². The molecular formula is C9H15NO3. The van der Waals surface area contributed by atoms with E-state index >= 15 is 0 Å². The molecule has 0 saturated carbocycles. The lowest BCUT2D eigenvalue weighted by Crippen LogP contribution is -2.51. The number of carbonyl (C=O) groups is 1. The maximum Gasteiger partial charge on any atom is 0.120 e. The van der Waals surface area contributed by atoms with E-state index in [1.807, 2.05) is 0 Å². The first-order valence-electron chi connectivity index (χ1n) is 4.85. The molecule has 2 heterocycles. The van der Waals surface area contributed by atoms with Crippen molar-refractivity contribution in [3.63, 3.8) is 0 Å². The summed E-state index contributed by atoms with van der Waals surface area (Å²) in [6, 6.07) is 0. The van der Waals surface area contributed by atoms with Crippen LogP contribution in [0.1, 0.15) is 19.3 Å². The minimum Gasteiger partial charge on any atom is -0.374 e. The lowest BCUT2D eigenvalue weighted by Gasteiger charge is -2.43.